The summed E-state index contributed by atoms with van der Waals surface area (Å²) >= 11 is 1.39. The zero-order valence-corrected chi connectivity index (χ0v) is 11.8. The van der Waals surface area contributed by atoms with E-state index in [0.29, 0.717) is 10.8 Å². The summed E-state index contributed by atoms with van der Waals surface area (Å²) in [5.74, 6) is -0.318. The van der Waals surface area contributed by atoms with Crippen molar-refractivity contribution in [3.8, 4) is 0 Å². The third-order valence-electron chi connectivity index (χ3n) is 2.86. The SMILES string of the molecule is Nc1ccc(=O)n(CC(=O)Nc2nc3ccccc3s2)c1. The van der Waals surface area contributed by atoms with Crippen molar-refractivity contribution in [3.63, 3.8) is 0 Å². The van der Waals surface area contributed by atoms with Gasteiger partial charge in [-0.1, -0.05) is 23.5 Å². The zero-order valence-electron chi connectivity index (χ0n) is 10.9. The van der Waals surface area contributed by atoms with Gasteiger partial charge in [0.2, 0.25) is 5.91 Å². The molecule has 1 aromatic carbocycles. The van der Waals surface area contributed by atoms with Gasteiger partial charge in [-0.15, -0.1) is 0 Å². The van der Waals surface area contributed by atoms with Crippen LogP contribution in [0.5, 0.6) is 0 Å². The molecule has 0 radical (unpaired) electrons. The first-order valence-corrected chi connectivity index (χ1v) is 7.05. The number of carbonyl (C=O) groups excluding carboxylic acids is 1. The largest absolute Gasteiger partial charge is 0.398 e. The quantitative estimate of drug-likeness (QED) is 0.770. The van der Waals surface area contributed by atoms with Crippen LogP contribution in [-0.2, 0) is 11.3 Å². The number of amides is 1. The van der Waals surface area contributed by atoms with E-state index in [4.69, 9.17) is 5.73 Å². The molecular weight excluding hydrogens is 288 g/mol. The Morgan fingerprint density at radius 1 is 1.29 bits per heavy atom. The number of nitrogens with zero attached hydrogens (tertiary/aromatic N) is 2. The molecule has 2 aromatic heterocycles. The number of para-hydroxylation sites is 1. The van der Waals surface area contributed by atoms with Crippen molar-refractivity contribution in [2.24, 2.45) is 0 Å². The predicted molar refractivity (Wildman–Crippen MR) is 83.4 cm³/mol. The minimum absolute atomic E-state index is 0.0974. The molecule has 7 heteroatoms. The van der Waals surface area contributed by atoms with E-state index in [9.17, 15) is 9.59 Å². The number of pyridine rings is 1. The lowest BCUT2D eigenvalue weighted by molar-refractivity contribution is -0.116. The molecule has 6 nitrogen and oxygen atoms in total. The lowest BCUT2D eigenvalue weighted by Crippen LogP contribution is -2.26. The molecule has 3 rings (SSSR count). The molecule has 21 heavy (non-hydrogen) atoms. The molecule has 0 saturated carbocycles. The first kappa shape index (κ1) is 13.3. The van der Waals surface area contributed by atoms with E-state index in [2.05, 4.69) is 10.3 Å². The molecule has 0 aliphatic carbocycles. The minimum Gasteiger partial charge on any atom is -0.398 e. The molecule has 1 amide bonds. The number of hydrogen-bond donors (Lipinski definition) is 2. The fourth-order valence-electron chi connectivity index (χ4n) is 1.91. The summed E-state index contributed by atoms with van der Waals surface area (Å²) in [7, 11) is 0. The van der Waals surface area contributed by atoms with E-state index >= 15 is 0 Å². The van der Waals surface area contributed by atoms with Gasteiger partial charge in [0.05, 0.1) is 10.2 Å². The van der Waals surface area contributed by atoms with Crippen molar-refractivity contribution in [2.45, 2.75) is 6.54 Å². The Morgan fingerprint density at radius 2 is 2.10 bits per heavy atom. The highest BCUT2D eigenvalue weighted by molar-refractivity contribution is 7.22. The highest BCUT2D eigenvalue weighted by Crippen LogP contribution is 2.25. The van der Waals surface area contributed by atoms with Crippen molar-refractivity contribution in [1.29, 1.82) is 0 Å². The second kappa shape index (κ2) is 5.37. The maximum absolute atomic E-state index is 12.0. The number of nitrogens with two attached hydrogens (primary N) is 1. The molecule has 0 saturated heterocycles. The van der Waals surface area contributed by atoms with Crippen LogP contribution < -0.4 is 16.6 Å². The number of carbonyl (C=O) groups is 1. The average molecular weight is 300 g/mol. The fourth-order valence-corrected chi connectivity index (χ4v) is 2.79. The van der Waals surface area contributed by atoms with E-state index in [1.54, 1.807) is 0 Å². The molecule has 0 atom stereocenters. The van der Waals surface area contributed by atoms with E-state index in [0.717, 1.165) is 10.2 Å². The third-order valence-corrected chi connectivity index (χ3v) is 3.81. The number of fused-ring (bicyclic) bond motifs is 1. The van der Waals surface area contributed by atoms with E-state index in [-0.39, 0.29) is 18.0 Å². The van der Waals surface area contributed by atoms with Gasteiger partial charge in [-0.25, -0.2) is 4.98 Å². The van der Waals surface area contributed by atoms with Crippen molar-refractivity contribution in [1.82, 2.24) is 9.55 Å². The zero-order chi connectivity index (χ0) is 14.8. The smallest absolute Gasteiger partial charge is 0.251 e. The van der Waals surface area contributed by atoms with Gasteiger partial charge >= 0.3 is 0 Å². The third kappa shape index (κ3) is 2.92. The van der Waals surface area contributed by atoms with Gasteiger partial charge in [-0.3, -0.25) is 9.59 Å². The van der Waals surface area contributed by atoms with Crippen molar-refractivity contribution in [3.05, 3.63) is 52.9 Å². The lowest BCUT2D eigenvalue weighted by Gasteiger charge is -2.05. The van der Waals surface area contributed by atoms with Crippen LogP contribution in [0.2, 0.25) is 0 Å². The highest BCUT2D eigenvalue weighted by atomic mass is 32.1. The first-order chi connectivity index (χ1) is 10.1. The van der Waals surface area contributed by atoms with Crippen molar-refractivity contribution >= 4 is 38.3 Å². The summed E-state index contributed by atoms with van der Waals surface area (Å²) in [5.41, 5.74) is 6.60. The Balaban J connectivity index is 1.77. The molecule has 0 aliphatic heterocycles. The number of nitrogens with one attached hydrogen (secondary N) is 1. The Morgan fingerprint density at radius 3 is 2.90 bits per heavy atom. The maximum Gasteiger partial charge on any atom is 0.251 e. The topological polar surface area (TPSA) is 90.0 Å². The van der Waals surface area contributed by atoms with Crippen LogP contribution in [0.25, 0.3) is 10.2 Å². The molecule has 2 heterocycles. The van der Waals surface area contributed by atoms with Crippen molar-refractivity contribution in [2.75, 3.05) is 11.1 Å². The Bertz CT molecular complexity index is 836. The minimum atomic E-state index is -0.318. The number of thiazole rings is 1. The van der Waals surface area contributed by atoms with Crippen LogP contribution >= 0.6 is 11.3 Å². The van der Waals surface area contributed by atoms with E-state index in [1.807, 2.05) is 24.3 Å². The second-order valence-corrected chi connectivity index (χ2v) is 5.49. The molecule has 0 bridgehead atoms. The average Bonchev–Trinajstić information content (AvgIpc) is 2.84. The Hall–Kier alpha value is -2.67. The summed E-state index contributed by atoms with van der Waals surface area (Å²) in [6.45, 7) is -0.0974. The number of benzene rings is 1. The van der Waals surface area contributed by atoms with Gasteiger partial charge in [-0.05, 0) is 18.2 Å². The molecule has 0 fully saturated rings. The standard InChI is InChI=1S/C14H12N4O2S/c15-9-5-6-13(20)18(7-9)8-12(19)17-14-16-10-3-1-2-4-11(10)21-14/h1-7H,8,15H2,(H,16,17,19). The fraction of sp³-hybridized carbons (Fsp3) is 0.0714. The number of anilines is 2. The molecule has 0 aliphatic rings. The molecule has 106 valence electrons. The van der Waals surface area contributed by atoms with Crippen LogP contribution in [0, 0.1) is 0 Å². The summed E-state index contributed by atoms with van der Waals surface area (Å²) in [5, 5.41) is 3.21. The Labute approximate surface area is 123 Å². The summed E-state index contributed by atoms with van der Waals surface area (Å²) in [6, 6.07) is 10.5. The van der Waals surface area contributed by atoms with Crippen LogP contribution in [0.1, 0.15) is 0 Å². The van der Waals surface area contributed by atoms with E-state index < -0.39 is 0 Å². The molecule has 3 N–H and O–H groups in total. The van der Waals surface area contributed by atoms with Crippen LogP contribution in [0.3, 0.4) is 0 Å². The molecule has 0 unspecified atom stereocenters. The van der Waals surface area contributed by atoms with Crippen LogP contribution in [0.4, 0.5) is 10.8 Å². The molecule has 0 spiro atoms. The van der Waals surface area contributed by atoms with Gasteiger partial charge in [0, 0.05) is 18.0 Å². The van der Waals surface area contributed by atoms with E-state index in [1.165, 1.54) is 34.2 Å². The van der Waals surface area contributed by atoms with Gasteiger partial charge in [0.25, 0.3) is 5.56 Å². The highest BCUT2D eigenvalue weighted by Gasteiger charge is 2.09. The summed E-state index contributed by atoms with van der Waals surface area (Å²) in [6.07, 6.45) is 1.44. The lowest BCUT2D eigenvalue weighted by atomic mass is 10.3. The predicted octanol–water partition coefficient (Wildman–Crippen LogP) is 1.68. The first-order valence-electron chi connectivity index (χ1n) is 6.23. The second-order valence-electron chi connectivity index (χ2n) is 4.46. The molecular formula is C14H12N4O2S. The number of rotatable bonds is 3. The van der Waals surface area contributed by atoms with Gasteiger partial charge in [0.15, 0.2) is 5.13 Å². The maximum atomic E-state index is 12.0. The summed E-state index contributed by atoms with van der Waals surface area (Å²) in [4.78, 5) is 27.9. The van der Waals surface area contributed by atoms with Crippen molar-refractivity contribution < 1.29 is 4.79 Å². The van der Waals surface area contributed by atoms with Crippen LogP contribution in [0.15, 0.2) is 47.4 Å². The number of nitrogen functional groups attached to an aromatic ring is 1. The number of hydrogen-bond acceptors (Lipinski definition) is 5. The Kier molecular flexibility index (Phi) is 3.41. The monoisotopic (exact) mass is 300 g/mol. The van der Waals surface area contributed by atoms with Gasteiger partial charge in [-0.2, -0.15) is 0 Å². The molecule has 3 aromatic rings. The summed E-state index contributed by atoms with van der Waals surface area (Å²) < 4.78 is 2.26. The van der Waals surface area contributed by atoms with Gasteiger partial charge in [0.1, 0.15) is 6.54 Å². The normalized spacial score (nSPS) is 10.7. The van der Waals surface area contributed by atoms with Crippen LogP contribution in [-0.4, -0.2) is 15.5 Å². The van der Waals surface area contributed by atoms with Gasteiger partial charge < -0.3 is 15.6 Å². The number of aromatic nitrogens is 2.